The van der Waals surface area contributed by atoms with Crippen molar-refractivity contribution in [3.05, 3.63) is 35.4 Å². The summed E-state index contributed by atoms with van der Waals surface area (Å²) in [5, 5.41) is 0. The van der Waals surface area contributed by atoms with Crippen LogP contribution in [-0.2, 0) is 26.7 Å². The maximum Gasteiger partial charge on any atom is 0.522 e. The van der Waals surface area contributed by atoms with Crippen LogP contribution in [0.2, 0.25) is 0 Å². The maximum atomic E-state index is 11.8. The Morgan fingerprint density at radius 3 is 2.42 bits per heavy atom. The number of aryl methyl sites for hydroxylation is 1. The molecular formula is C18H23F3O4S. The molecule has 3 rings (SSSR count). The lowest BCUT2D eigenvalue weighted by atomic mass is 9.60. The van der Waals surface area contributed by atoms with E-state index in [1.54, 1.807) is 5.56 Å². The molecular weight excluding hydrogens is 369 g/mol. The van der Waals surface area contributed by atoms with E-state index in [9.17, 15) is 18.0 Å². The van der Waals surface area contributed by atoms with Crippen LogP contribution >= 0.6 is 0 Å². The molecule has 0 aromatic heterocycles. The minimum Gasteiger partial charge on any atom is -0.300 e. The van der Waals surface area contributed by atoms with Crippen LogP contribution in [-0.4, -0.2) is 24.3 Å². The summed E-state index contributed by atoms with van der Waals surface area (Å²) < 4.78 is 57.5. The summed E-state index contributed by atoms with van der Waals surface area (Å²) in [6.07, 6.45) is 7.54. The Morgan fingerprint density at radius 1 is 1.23 bits per heavy atom. The molecule has 2 aliphatic rings. The summed E-state index contributed by atoms with van der Waals surface area (Å²) in [5.41, 5.74) is -2.15. The standard InChI is InChI=1S/C17H22O.CHF3O3S/c1-2-17-11-10-15(18)12-14(17)8-5-7-13-6-3-4-9-16(13)17;2-1(3,4)8(5,6)7/h3-4,6,9,14H,2,5,7-8,10-12H2,1H3;(H,5,6,7)/t14-,17+;/m0./s1. The average molecular weight is 392 g/mol. The molecule has 0 aliphatic heterocycles. The lowest BCUT2D eigenvalue weighted by Crippen LogP contribution is -2.40. The lowest BCUT2D eigenvalue weighted by molar-refractivity contribution is -0.123. The molecule has 8 heteroatoms. The molecule has 1 fully saturated rings. The molecule has 1 N–H and O–H groups in total. The predicted octanol–water partition coefficient (Wildman–Crippen LogP) is 4.43. The summed E-state index contributed by atoms with van der Waals surface area (Å²) in [6, 6.07) is 8.96. The van der Waals surface area contributed by atoms with Crippen molar-refractivity contribution in [1.82, 2.24) is 0 Å². The number of fused-ring (bicyclic) bond motifs is 3. The molecule has 4 nitrogen and oxygen atoms in total. The Hall–Kier alpha value is -1.41. The molecule has 0 amide bonds. The van der Waals surface area contributed by atoms with Crippen molar-refractivity contribution >= 4 is 15.9 Å². The number of carbonyl (C=O) groups excluding carboxylic acids is 1. The first-order chi connectivity index (χ1) is 12.0. The van der Waals surface area contributed by atoms with Crippen LogP contribution in [0.5, 0.6) is 0 Å². The Bertz CT molecular complexity index is 758. The predicted molar refractivity (Wildman–Crippen MR) is 91.3 cm³/mol. The van der Waals surface area contributed by atoms with E-state index in [0.717, 1.165) is 19.3 Å². The van der Waals surface area contributed by atoms with Crippen molar-refractivity contribution in [3.63, 3.8) is 0 Å². The van der Waals surface area contributed by atoms with Gasteiger partial charge in [-0.1, -0.05) is 31.2 Å². The van der Waals surface area contributed by atoms with Crippen LogP contribution < -0.4 is 0 Å². The molecule has 2 atom stereocenters. The first-order valence-corrected chi connectivity index (χ1v) is 10.1. The summed E-state index contributed by atoms with van der Waals surface area (Å²) in [6.45, 7) is 2.31. The largest absolute Gasteiger partial charge is 0.522 e. The number of halogens is 3. The number of alkyl halides is 3. The first kappa shape index (κ1) is 20.9. The van der Waals surface area contributed by atoms with Crippen LogP contribution in [0.1, 0.15) is 56.6 Å². The van der Waals surface area contributed by atoms with E-state index in [4.69, 9.17) is 13.0 Å². The van der Waals surface area contributed by atoms with Crippen LogP contribution in [0.3, 0.4) is 0 Å². The number of carbonyl (C=O) groups is 1. The Morgan fingerprint density at radius 2 is 1.85 bits per heavy atom. The van der Waals surface area contributed by atoms with E-state index in [0.29, 0.717) is 17.1 Å². The average Bonchev–Trinajstić information content (AvgIpc) is 2.70. The van der Waals surface area contributed by atoms with Gasteiger partial charge in [-0.2, -0.15) is 21.6 Å². The van der Waals surface area contributed by atoms with Crippen molar-refractivity contribution in [1.29, 1.82) is 0 Å². The number of hydrogen-bond acceptors (Lipinski definition) is 3. The normalized spacial score (nSPS) is 26.0. The molecule has 146 valence electrons. The number of ketones is 1. The van der Waals surface area contributed by atoms with Crippen LogP contribution in [0.4, 0.5) is 13.2 Å². The third kappa shape index (κ3) is 4.28. The van der Waals surface area contributed by atoms with Gasteiger partial charge in [-0.15, -0.1) is 0 Å². The Balaban J connectivity index is 0.000000260. The summed E-state index contributed by atoms with van der Waals surface area (Å²) >= 11 is 0. The van der Waals surface area contributed by atoms with E-state index >= 15 is 0 Å². The maximum absolute atomic E-state index is 11.8. The minimum atomic E-state index is -5.84. The molecule has 0 unspecified atom stereocenters. The van der Waals surface area contributed by atoms with Gasteiger partial charge < -0.3 is 0 Å². The van der Waals surface area contributed by atoms with Crippen molar-refractivity contribution in [2.75, 3.05) is 0 Å². The first-order valence-electron chi connectivity index (χ1n) is 8.65. The zero-order chi connectivity index (χ0) is 19.6. The van der Waals surface area contributed by atoms with Crippen molar-refractivity contribution in [3.8, 4) is 0 Å². The molecule has 0 bridgehead atoms. The van der Waals surface area contributed by atoms with Gasteiger partial charge in [0.25, 0.3) is 0 Å². The lowest BCUT2D eigenvalue weighted by Gasteiger charge is -2.43. The van der Waals surface area contributed by atoms with Gasteiger partial charge in [-0.05, 0) is 54.6 Å². The van der Waals surface area contributed by atoms with Gasteiger partial charge in [0.1, 0.15) is 5.78 Å². The molecule has 0 heterocycles. The topological polar surface area (TPSA) is 71.4 Å². The van der Waals surface area contributed by atoms with Crippen molar-refractivity contribution in [2.45, 2.75) is 62.8 Å². The van der Waals surface area contributed by atoms with E-state index in [1.165, 1.54) is 31.2 Å². The highest BCUT2D eigenvalue weighted by Gasteiger charge is 2.45. The van der Waals surface area contributed by atoms with Crippen LogP contribution in [0.25, 0.3) is 0 Å². The molecule has 0 saturated heterocycles. The van der Waals surface area contributed by atoms with Gasteiger partial charge in [0.15, 0.2) is 0 Å². The van der Waals surface area contributed by atoms with Gasteiger partial charge in [-0.25, -0.2) is 0 Å². The monoisotopic (exact) mass is 392 g/mol. The SMILES string of the molecule is CC[C@@]12CCC(=O)C[C@@H]1CCCc1ccccc12.O=S(=O)(O)C(F)(F)F. The van der Waals surface area contributed by atoms with E-state index in [-0.39, 0.29) is 0 Å². The highest BCUT2D eigenvalue weighted by atomic mass is 32.2. The zero-order valence-electron chi connectivity index (χ0n) is 14.6. The highest BCUT2D eigenvalue weighted by molar-refractivity contribution is 7.86. The highest BCUT2D eigenvalue weighted by Crippen LogP contribution is 2.50. The smallest absolute Gasteiger partial charge is 0.300 e. The number of Topliss-reactive ketones (excluding diaryl/α,β-unsaturated/α-hetero) is 1. The summed E-state index contributed by atoms with van der Waals surface area (Å²) in [5.74, 6) is 1.08. The Kier molecular flexibility index (Phi) is 6.17. The van der Waals surface area contributed by atoms with E-state index in [1.807, 2.05) is 0 Å². The second-order valence-electron chi connectivity index (χ2n) is 6.92. The fourth-order valence-electron chi connectivity index (χ4n) is 4.29. The van der Waals surface area contributed by atoms with Crippen molar-refractivity contribution < 1.29 is 30.9 Å². The van der Waals surface area contributed by atoms with E-state index in [2.05, 4.69) is 31.2 Å². The Labute approximate surface area is 151 Å². The number of benzene rings is 1. The second kappa shape index (κ2) is 7.68. The van der Waals surface area contributed by atoms with Crippen molar-refractivity contribution in [2.24, 2.45) is 5.92 Å². The van der Waals surface area contributed by atoms with Gasteiger partial charge in [0.05, 0.1) is 0 Å². The number of hydrogen-bond donors (Lipinski definition) is 1. The van der Waals surface area contributed by atoms with Gasteiger partial charge >= 0.3 is 15.6 Å². The summed E-state index contributed by atoms with van der Waals surface area (Å²) in [4.78, 5) is 11.8. The van der Waals surface area contributed by atoms with Gasteiger partial charge in [-0.3, -0.25) is 9.35 Å². The fourth-order valence-corrected chi connectivity index (χ4v) is 4.29. The molecule has 0 spiro atoms. The molecule has 1 aromatic carbocycles. The minimum absolute atomic E-state index is 0.293. The van der Waals surface area contributed by atoms with Crippen LogP contribution in [0, 0.1) is 5.92 Å². The zero-order valence-corrected chi connectivity index (χ0v) is 15.4. The van der Waals surface area contributed by atoms with E-state index < -0.39 is 15.6 Å². The van der Waals surface area contributed by atoms with Gasteiger partial charge in [0, 0.05) is 12.8 Å². The third-order valence-electron chi connectivity index (χ3n) is 5.58. The quantitative estimate of drug-likeness (QED) is 0.567. The van der Waals surface area contributed by atoms with Gasteiger partial charge in [0.2, 0.25) is 0 Å². The second-order valence-corrected chi connectivity index (χ2v) is 8.33. The molecule has 1 aromatic rings. The van der Waals surface area contributed by atoms with Crippen LogP contribution in [0.15, 0.2) is 24.3 Å². The fraction of sp³-hybridized carbons (Fsp3) is 0.611. The molecule has 26 heavy (non-hydrogen) atoms. The third-order valence-corrected chi connectivity index (χ3v) is 6.17. The molecule has 2 aliphatic carbocycles. The number of rotatable bonds is 1. The molecule has 0 radical (unpaired) electrons. The molecule has 1 saturated carbocycles. The summed E-state index contributed by atoms with van der Waals surface area (Å²) in [7, 11) is -5.84.